The number of benzene rings is 1. The first-order chi connectivity index (χ1) is 8.21. The molecule has 92 valence electrons. The summed E-state index contributed by atoms with van der Waals surface area (Å²) in [6.07, 6.45) is 4.33. The van der Waals surface area contributed by atoms with Gasteiger partial charge in [0.15, 0.2) is 0 Å². The van der Waals surface area contributed by atoms with Gasteiger partial charge in [-0.3, -0.25) is 0 Å². The summed E-state index contributed by atoms with van der Waals surface area (Å²) in [5.74, 6) is -0.366. The predicted octanol–water partition coefficient (Wildman–Crippen LogP) is 4.08. The van der Waals surface area contributed by atoms with Crippen LogP contribution in [-0.4, -0.2) is 6.04 Å². The van der Waals surface area contributed by atoms with Gasteiger partial charge in [-0.25, -0.2) is 4.39 Å². The SMILES string of the molecule is CCCC(CCC)Nc1ccc(F)cc1C#N. The van der Waals surface area contributed by atoms with E-state index in [9.17, 15) is 4.39 Å². The molecule has 2 nitrogen and oxygen atoms in total. The molecule has 1 aromatic rings. The molecule has 0 saturated carbocycles. The summed E-state index contributed by atoms with van der Waals surface area (Å²) in [5, 5.41) is 12.3. The Kier molecular flexibility index (Phi) is 5.48. The second kappa shape index (κ2) is 6.90. The van der Waals surface area contributed by atoms with Crippen LogP contribution in [0.2, 0.25) is 0 Å². The van der Waals surface area contributed by atoms with Crippen molar-refractivity contribution in [2.45, 2.75) is 45.6 Å². The number of nitrogens with zero attached hydrogens (tertiary/aromatic N) is 1. The highest BCUT2D eigenvalue weighted by Crippen LogP contribution is 2.19. The zero-order valence-electron chi connectivity index (χ0n) is 10.5. The van der Waals surface area contributed by atoms with E-state index in [4.69, 9.17) is 5.26 Å². The van der Waals surface area contributed by atoms with E-state index < -0.39 is 0 Å². The minimum Gasteiger partial charge on any atom is -0.381 e. The number of nitrogens with one attached hydrogen (secondary N) is 1. The molecular formula is C14H19FN2. The molecule has 17 heavy (non-hydrogen) atoms. The monoisotopic (exact) mass is 234 g/mol. The number of anilines is 1. The molecule has 0 aliphatic heterocycles. The van der Waals surface area contributed by atoms with Gasteiger partial charge in [0.2, 0.25) is 0 Å². The number of rotatable bonds is 6. The molecule has 1 N–H and O–H groups in total. The molecule has 0 atom stereocenters. The maximum Gasteiger partial charge on any atom is 0.124 e. The summed E-state index contributed by atoms with van der Waals surface area (Å²) in [6.45, 7) is 4.28. The Morgan fingerprint density at radius 2 is 1.94 bits per heavy atom. The van der Waals surface area contributed by atoms with E-state index in [1.54, 1.807) is 6.07 Å². The van der Waals surface area contributed by atoms with Crippen molar-refractivity contribution >= 4 is 5.69 Å². The highest BCUT2D eigenvalue weighted by molar-refractivity contribution is 5.57. The number of hydrogen-bond acceptors (Lipinski definition) is 2. The molecule has 0 unspecified atom stereocenters. The first kappa shape index (κ1) is 13.5. The van der Waals surface area contributed by atoms with Crippen LogP contribution in [-0.2, 0) is 0 Å². The fourth-order valence-corrected chi connectivity index (χ4v) is 1.94. The van der Waals surface area contributed by atoms with Crippen LogP contribution in [0.5, 0.6) is 0 Å². The molecule has 0 saturated heterocycles. The van der Waals surface area contributed by atoms with Crippen LogP contribution in [0.4, 0.5) is 10.1 Å². The van der Waals surface area contributed by atoms with Crippen LogP contribution in [0.3, 0.4) is 0 Å². The van der Waals surface area contributed by atoms with Gasteiger partial charge in [-0.2, -0.15) is 5.26 Å². The Morgan fingerprint density at radius 3 is 2.47 bits per heavy atom. The minimum absolute atomic E-state index is 0.363. The van der Waals surface area contributed by atoms with Gasteiger partial charge in [0.05, 0.1) is 11.3 Å². The van der Waals surface area contributed by atoms with Gasteiger partial charge in [-0.05, 0) is 31.0 Å². The summed E-state index contributed by atoms with van der Waals surface area (Å²) in [7, 11) is 0. The summed E-state index contributed by atoms with van der Waals surface area (Å²) < 4.78 is 13.0. The van der Waals surface area contributed by atoms with Gasteiger partial charge >= 0.3 is 0 Å². The highest BCUT2D eigenvalue weighted by atomic mass is 19.1. The quantitative estimate of drug-likeness (QED) is 0.805. The molecule has 0 aromatic heterocycles. The zero-order chi connectivity index (χ0) is 12.7. The van der Waals surface area contributed by atoms with Gasteiger partial charge in [0, 0.05) is 6.04 Å². The van der Waals surface area contributed by atoms with Crippen molar-refractivity contribution in [3.8, 4) is 6.07 Å². The van der Waals surface area contributed by atoms with Gasteiger partial charge in [-0.15, -0.1) is 0 Å². The average Bonchev–Trinajstić information content (AvgIpc) is 2.32. The normalized spacial score (nSPS) is 10.3. The Hall–Kier alpha value is -1.56. The number of halogens is 1. The minimum atomic E-state index is -0.366. The topological polar surface area (TPSA) is 35.8 Å². The largest absolute Gasteiger partial charge is 0.381 e. The Morgan fingerprint density at radius 1 is 1.29 bits per heavy atom. The third-order valence-corrected chi connectivity index (χ3v) is 2.74. The van der Waals surface area contributed by atoms with E-state index >= 15 is 0 Å². The van der Waals surface area contributed by atoms with Crippen molar-refractivity contribution in [3.05, 3.63) is 29.6 Å². The van der Waals surface area contributed by atoms with Crippen LogP contribution in [0, 0.1) is 17.1 Å². The van der Waals surface area contributed by atoms with Crippen molar-refractivity contribution < 1.29 is 4.39 Å². The van der Waals surface area contributed by atoms with Crippen molar-refractivity contribution in [1.29, 1.82) is 5.26 Å². The van der Waals surface area contributed by atoms with Crippen molar-refractivity contribution in [3.63, 3.8) is 0 Å². The summed E-state index contributed by atoms with van der Waals surface area (Å²) in [6, 6.07) is 6.69. The maximum atomic E-state index is 13.0. The second-order valence-corrected chi connectivity index (χ2v) is 4.22. The van der Waals surface area contributed by atoms with Crippen molar-refractivity contribution in [2.24, 2.45) is 0 Å². The molecule has 3 heteroatoms. The molecule has 0 aliphatic carbocycles. The fraction of sp³-hybridized carbons (Fsp3) is 0.500. The van der Waals surface area contributed by atoms with Gasteiger partial charge in [0.1, 0.15) is 11.9 Å². The van der Waals surface area contributed by atoms with Crippen LogP contribution in [0.25, 0.3) is 0 Å². The van der Waals surface area contributed by atoms with E-state index in [0.29, 0.717) is 11.6 Å². The van der Waals surface area contributed by atoms with E-state index in [1.165, 1.54) is 12.1 Å². The van der Waals surface area contributed by atoms with Crippen molar-refractivity contribution in [2.75, 3.05) is 5.32 Å². The smallest absolute Gasteiger partial charge is 0.124 e. The Labute approximate surface area is 102 Å². The highest BCUT2D eigenvalue weighted by Gasteiger charge is 2.09. The lowest BCUT2D eigenvalue weighted by Gasteiger charge is -2.19. The second-order valence-electron chi connectivity index (χ2n) is 4.22. The van der Waals surface area contributed by atoms with Gasteiger partial charge in [0.25, 0.3) is 0 Å². The van der Waals surface area contributed by atoms with Crippen LogP contribution in [0.15, 0.2) is 18.2 Å². The third-order valence-electron chi connectivity index (χ3n) is 2.74. The molecule has 0 bridgehead atoms. The van der Waals surface area contributed by atoms with Crippen molar-refractivity contribution in [1.82, 2.24) is 0 Å². The summed E-state index contributed by atoms with van der Waals surface area (Å²) in [5.41, 5.74) is 1.11. The average molecular weight is 234 g/mol. The first-order valence-corrected chi connectivity index (χ1v) is 6.17. The molecule has 0 aliphatic rings. The van der Waals surface area contributed by atoms with Gasteiger partial charge in [-0.1, -0.05) is 26.7 Å². The molecule has 0 spiro atoms. The van der Waals surface area contributed by atoms with E-state index in [2.05, 4.69) is 19.2 Å². The maximum absolute atomic E-state index is 13.0. The molecular weight excluding hydrogens is 215 g/mol. The lowest BCUT2D eigenvalue weighted by Crippen LogP contribution is -2.19. The molecule has 0 amide bonds. The summed E-state index contributed by atoms with van der Waals surface area (Å²) in [4.78, 5) is 0. The molecule has 0 fully saturated rings. The van der Waals surface area contributed by atoms with E-state index in [1.807, 2.05) is 6.07 Å². The van der Waals surface area contributed by atoms with E-state index in [-0.39, 0.29) is 5.82 Å². The molecule has 0 radical (unpaired) electrons. The number of nitriles is 1. The lowest BCUT2D eigenvalue weighted by molar-refractivity contribution is 0.585. The predicted molar refractivity (Wildman–Crippen MR) is 68.3 cm³/mol. The summed E-state index contributed by atoms with van der Waals surface area (Å²) >= 11 is 0. The molecule has 0 heterocycles. The number of hydrogen-bond donors (Lipinski definition) is 1. The molecule has 1 aromatic carbocycles. The van der Waals surface area contributed by atoms with Gasteiger partial charge < -0.3 is 5.32 Å². The first-order valence-electron chi connectivity index (χ1n) is 6.17. The zero-order valence-corrected chi connectivity index (χ0v) is 10.5. The van der Waals surface area contributed by atoms with E-state index in [0.717, 1.165) is 31.4 Å². The Balaban J connectivity index is 2.81. The van der Waals surface area contributed by atoms with Crippen LogP contribution < -0.4 is 5.32 Å². The van der Waals surface area contributed by atoms with Crippen LogP contribution in [0.1, 0.15) is 45.1 Å². The lowest BCUT2D eigenvalue weighted by atomic mass is 10.1. The third kappa shape index (κ3) is 4.07. The standard InChI is InChI=1S/C14H19FN2/c1-3-5-13(6-4-2)17-14-8-7-12(15)9-11(14)10-16/h7-9,13,17H,3-6H2,1-2H3. The fourth-order valence-electron chi connectivity index (χ4n) is 1.94. The molecule has 1 rings (SSSR count). The Bertz CT molecular complexity index is 390. The van der Waals surface area contributed by atoms with Crippen LogP contribution >= 0.6 is 0 Å².